The van der Waals surface area contributed by atoms with Crippen molar-refractivity contribution < 1.29 is 32.3 Å². The maximum absolute atomic E-state index is 12.9. The van der Waals surface area contributed by atoms with Crippen LogP contribution in [0, 0.1) is 0 Å². The number of aryl methyl sites for hydroxylation is 1. The van der Waals surface area contributed by atoms with Gasteiger partial charge in [0.15, 0.2) is 6.61 Å². The molecule has 3 rings (SSSR count). The molecule has 8 nitrogen and oxygen atoms in total. The summed E-state index contributed by atoms with van der Waals surface area (Å²) in [5.74, 6) is -2.50. The zero-order chi connectivity index (χ0) is 27.7. The van der Waals surface area contributed by atoms with Crippen LogP contribution in [0.25, 0.3) is 0 Å². The molecule has 0 saturated carbocycles. The summed E-state index contributed by atoms with van der Waals surface area (Å²) in [5, 5.41) is 8.89. The second kappa shape index (κ2) is 12.7. The van der Waals surface area contributed by atoms with E-state index in [1.807, 2.05) is 19.1 Å². The van der Waals surface area contributed by atoms with E-state index in [1.165, 1.54) is 30.3 Å². The fraction of sp³-hybridized carbons (Fsp3) is 0.154. The second-order valence-corrected chi connectivity index (χ2v) is 8.20. The van der Waals surface area contributed by atoms with Crippen LogP contribution in [0.2, 0.25) is 5.02 Å². The Morgan fingerprint density at radius 3 is 2.47 bits per heavy atom. The van der Waals surface area contributed by atoms with Crippen LogP contribution in [0.15, 0.2) is 71.8 Å². The predicted molar refractivity (Wildman–Crippen MR) is 137 cm³/mol. The molecule has 3 aromatic rings. The van der Waals surface area contributed by atoms with Gasteiger partial charge in [-0.3, -0.25) is 14.4 Å². The Morgan fingerprint density at radius 1 is 0.974 bits per heavy atom. The first kappa shape index (κ1) is 28.2. The molecule has 38 heavy (non-hydrogen) atoms. The lowest BCUT2D eigenvalue weighted by Crippen LogP contribution is -2.32. The third-order valence-corrected chi connectivity index (χ3v) is 5.26. The Balaban J connectivity index is 1.59. The minimum Gasteiger partial charge on any atom is -0.483 e. The Morgan fingerprint density at radius 2 is 1.74 bits per heavy atom. The molecule has 0 aromatic heterocycles. The first-order valence-corrected chi connectivity index (χ1v) is 11.6. The van der Waals surface area contributed by atoms with Crippen molar-refractivity contribution in [3.63, 3.8) is 0 Å². The summed E-state index contributed by atoms with van der Waals surface area (Å²) in [5.41, 5.74) is 2.78. The van der Waals surface area contributed by atoms with Gasteiger partial charge in [-0.1, -0.05) is 42.8 Å². The maximum Gasteiger partial charge on any atom is 0.416 e. The zero-order valence-electron chi connectivity index (χ0n) is 19.9. The lowest BCUT2D eigenvalue weighted by molar-refractivity contribution is -0.137. The molecule has 0 unspecified atom stereocenters. The van der Waals surface area contributed by atoms with Crippen molar-refractivity contribution >= 4 is 46.9 Å². The van der Waals surface area contributed by atoms with Gasteiger partial charge in [-0.2, -0.15) is 18.3 Å². The fourth-order valence-corrected chi connectivity index (χ4v) is 3.39. The van der Waals surface area contributed by atoms with Gasteiger partial charge in [-0.15, -0.1) is 0 Å². The first-order chi connectivity index (χ1) is 18.1. The van der Waals surface area contributed by atoms with E-state index in [0.717, 1.165) is 23.9 Å². The number of rotatable bonds is 8. The smallest absolute Gasteiger partial charge is 0.416 e. The molecule has 0 fully saturated rings. The van der Waals surface area contributed by atoms with Gasteiger partial charge in [0, 0.05) is 22.0 Å². The summed E-state index contributed by atoms with van der Waals surface area (Å²) in [6.07, 6.45) is -2.73. The lowest BCUT2D eigenvalue weighted by Gasteiger charge is -2.12. The van der Waals surface area contributed by atoms with Crippen molar-refractivity contribution in [1.29, 1.82) is 0 Å². The quantitative estimate of drug-likeness (QED) is 0.209. The number of benzene rings is 3. The van der Waals surface area contributed by atoms with Crippen molar-refractivity contribution in [2.24, 2.45) is 5.10 Å². The van der Waals surface area contributed by atoms with Crippen LogP contribution in [-0.2, 0) is 27.0 Å². The number of nitrogens with zero attached hydrogens (tertiary/aromatic N) is 1. The summed E-state index contributed by atoms with van der Waals surface area (Å²) in [6, 6.07) is 15.6. The number of hydrazone groups is 1. The number of nitrogens with one attached hydrogen (secondary N) is 3. The molecule has 0 spiro atoms. The summed E-state index contributed by atoms with van der Waals surface area (Å²) in [4.78, 5) is 36.6. The summed E-state index contributed by atoms with van der Waals surface area (Å²) < 4.78 is 44.1. The van der Waals surface area contributed by atoms with Crippen molar-refractivity contribution in [2.45, 2.75) is 19.5 Å². The standard InChI is InChI=1S/C26H22ClF3N4O4/c1-2-16-6-3-4-9-21(16)33-24(36)25(37)34-31-14-17-12-19(27)10-11-22(17)38-15-23(35)32-20-8-5-7-18(13-20)26(28,29)30/h3-14H,2,15H2,1H3,(H,32,35)(H,33,36)(H,34,37)/b31-14-. The lowest BCUT2D eigenvalue weighted by atomic mass is 10.1. The highest BCUT2D eigenvalue weighted by molar-refractivity contribution is 6.39. The number of carbonyl (C=O) groups excluding carboxylic acids is 3. The molecule has 0 aliphatic rings. The third-order valence-electron chi connectivity index (χ3n) is 5.03. The molecular weight excluding hydrogens is 525 g/mol. The van der Waals surface area contributed by atoms with Crippen LogP contribution in [0.4, 0.5) is 24.5 Å². The highest BCUT2D eigenvalue weighted by Crippen LogP contribution is 2.30. The van der Waals surface area contributed by atoms with E-state index in [4.69, 9.17) is 16.3 Å². The number of amides is 3. The average Bonchev–Trinajstić information content (AvgIpc) is 2.88. The molecule has 0 atom stereocenters. The number of carbonyl (C=O) groups is 3. The largest absolute Gasteiger partial charge is 0.483 e. The average molecular weight is 547 g/mol. The number of para-hydroxylation sites is 1. The first-order valence-electron chi connectivity index (χ1n) is 11.2. The van der Waals surface area contributed by atoms with E-state index < -0.39 is 36.1 Å². The van der Waals surface area contributed by atoms with Gasteiger partial charge in [0.1, 0.15) is 5.75 Å². The van der Waals surface area contributed by atoms with Crippen molar-refractivity contribution in [1.82, 2.24) is 5.43 Å². The van der Waals surface area contributed by atoms with Gasteiger partial charge in [-0.25, -0.2) is 5.43 Å². The van der Waals surface area contributed by atoms with Gasteiger partial charge in [-0.05, 0) is 54.4 Å². The van der Waals surface area contributed by atoms with Gasteiger partial charge >= 0.3 is 18.0 Å². The Hall–Kier alpha value is -4.38. The van der Waals surface area contributed by atoms with E-state index in [9.17, 15) is 27.6 Å². The van der Waals surface area contributed by atoms with Crippen LogP contribution in [0.1, 0.15) is 23.6 Å². The molecule has 12 heteroatoms. The van der Waals surface area contributed by atoms with Crippen LogP contribution in [0.3, 0.4) is 0 Å². The van der Waals surface area contributed by atoms with E-state index in [-0.39, 0.29) is 17.0 Å². The molecule has 198 valence electrons. The normalized spacial score (nSPS) is 11.2. The number of alkyl halides is 3. The topological polar surface area (TPSA) is 109 Å². The highest BCUT2D eigenvalue weighted by atomic mass is 35.5. The van der Waals surface area contributed by atoms with E-state index in [2.05, 4.69) is 21.2 Å². The molecule has 3 amide bonds. The minimum atomic E-state index is -4.55. The molecule has 0 heterocycles. The van der Waals surface area contributed by atoms with E-state index in [1.54, 1.807) is 12.1 Å². The maximum atomic E-state index is 12.9. The Kier molecular flexibility index (Phi) is 9.44. The molecule has 0 aliphatic heterocycles. The minimum absolute atomic E-state index is 0.0473. The monoisotopic (exact) mass is 546 g/mol. The van der Waals surface area contributed by atoms with Crippen molar-refractivity contribution in [3.05, 3.63) is 88.4 Å². The molecule has 0 radical (unpaired) electrons. The van der Waals surface area contributed by atoms with Crippen LogP contribution >= 0.6 is 11.6 Å². The fourth-order valence-electron chi connectivity index (χ4n) is 3.21. The summed E-state index contributed by atoms with van der Waals surface area (Å²) >= 11 is 6.01. The number of hydrogen-bond acceptors (Lipinski definition) is 5. The van der Waals surface area contributed by atoms with Gasteiger partial charge in [0.2, 0.25) is 0 Å². The van der Waals surface area contributed by atoms with Crippen LogP contribution in [0.5, 0.6) is 5.75 Å². The second-order valence-electron chi connectivity index (χ2n) is 7.76. The Bertz CT molecular complexity index is 1360. The summed E-state index contributed by atoms with van der Waals surface area (Å²) in [7, 11) is 0. The van der Waals surface area contributed by atoms with Crippen molar-refractivity contribution in [2.75, 3.05) is 17.2 Å². The summed E-state index contributed by atoms with van der Waals surface area (Å²) in [6.45, 7) is 1.37. The molecule has 3 aromatic carbocycles. The number of hydrogen-bond donors (Lipinski definition) is 3. The third kappa shape index (κ3) is 8.07. The van der Waals surface area contributed by atoms with Gasteiger partial charge < -0.3 is 15.4 Å². The number of ether oxygens (including phenoxy) is 1. The highest BCUT2D eigenvalue weighted by Gasteiger charge is 2.30. The molecular formula is C26H22ClF3N4O4. The molecule has 0 saturated heterocycles. The van der Waals surface area contributed by atoms with Gasteiger partial charge in [0.25, 0.3) is 5.91 Å². The number of anilines is 2. The van der Waals surface area contributed by atoms with Crippen LogP contribution in [-0.4, -0.2) is 30.5 Å². The van der Waals surface area contributed by atoms with E-state index in [0.29, 0.717) is 17.1 Å². The SMILES string of the molecule is CCc1ccccc1NC(=O)C(=O)N/N=C\c1cc(Cl)ccc1OCC(=O)Nc1cccc(C(F)(F)F)c1. The van der Waals surface area contributed by atoms with Crippen molar-refractivity contribution in [3.8, 4) is 5.75 Å². The molecule has 0 bridgehead atoms. The molecule has 3 N–H and O–H groups in total. The van der Waals surface area contributed by atoms with Gasteiger partial charge in [0.05, 0.1) is 11.8 Å². The van der Waals surface area contributed by atoms with Crippen LogP contribution < -0.4 is 20.8 Å². The zero-order valence-corrected chi connectivity index (χ0v) is 20.7. The van der Waals surface area contributed by atoms with E-state index >= 15 is 0 Å². The predicted octanol–water partition coefficient (Wildman–Crippen LogP) is 5.03. The Labute approximate surface area is 220 Å². The number of halogens is 4. The molecule has 0 aliphatic carbocycles.